The lowest BCUT2D eigenvalue weighted by molar-refractivity contribution is -0.152. The van der Waals surface area contributed by atoms with Gasteiger partial charge < -0.3 is 25.5 Å². The number of hydrogen-bond donors (Lipinski definition) is 5. The van der Waals surface area contributed by atoms with Gasteiger partial charge in [-0.15, -0.1) is 0 Å². The van der Waals surface area contributed by atoms with Crippen molar-refractivity contribution < 1.29 is 30.3 Å². The first-order chi connectivity index (χ1) is 5.91. The molecule has 0 aliphatic carbocycles. The fourth-order valence-electron chi connectivity index (χ4n) is 0.777. The first kappa shape index (κ1) is 12.3. The topological polar surface area (TPSA) is 118 Å². The average Bonchev–Trinajstić information content (AvgIpc) is 2.12. The molecule has 0 amide bonds. The van der Waals surface area contributed by atoms with E-state index in [1.165, 1.54) is 6.92 Å². The Hall–Kier alpha value is -0.690. The summed E-state index contributed by atoms with van der Waals surface area (Å²) in [6, 6.07) is 0. The quantitative estimate of drug-likeness (QED) is 0.338. The van der Waals surface area contributed by atoms with Crippen LogP contribution in [0.5, 0.6) is 0 Å². The van der Waals surface area contributed by atoms with Gasteiger partial charge in [0.05, 0.1) is 18.6 Å². The molecule has 78 valence electrons. The van der Waals surface area contributed by atoms with Crippen LogP contribution < -0.4 is 0 Å². The molecule has 0 saturated carbocycles. The van der Waals surface area contributed by atoms with Crippen molar-refractivity contribution in [3.63, 3.8) is 0 Å². The SMILES string of the molecule is C[C@@H](C(=O)O)[C@@H](O)[C@H](O)[C@H](O)CO. The van der Waals surface area contributed by atoms with Crippen LogP contribution in [0.25, 0.3) is 0 Å². The Labute approximate surface area is 75.1 Å². The molecule has 0 fully saturated rings. The summed E-state index contributed by atoms with van der Waals surface area (Å²) in [4.78, 5) is 10.3. The van der Waals surface area contributed by atoms with Gasteiger partial charge in [-0.2, -0.15) is 0 Å². The molecule has 0 aromatic rings. The van der Waals surface area contributed by atoms with E-state index in [4.69, 9.17) is 25.5 Å². The minimum Gasteiger partial charge on any atom is -0.481 e. The summed E-state index contributed by atoms with van der Waals surface area (Å²) in [6.07, 6.45) is -4.78. The third-order valence-electron chi connectivity index (χ3n) is 1.83. The maximum atomic E-state index is 10.3. The summed E-state index contributed by atoms with van der Waals surface area (Å²) in [7, 11) is 0. The molecule has 6 heteroatoms. The van der Waals surface area contributed by atoms with Gasteiger partial charge in [-0.05, 0) is 6.92 Å². The normalized spacial score (nSPS) is 20.4. The standard InChI is InChI=1S/C7H14O6/c1-3(7(12)13)5(10)6(11)4(9)2-8/h3-6,8-11H,2H2,1H3,(H,12,13)/t3-,4-,5-,6-/m1/s1. The predicted molar refractivity (Wildman–Crippen MR) is 41.9 cm³/mol. The molecule has 0 saturated heterocycles. The lowest BCUT2D eigenvalue weighted by atomic mass is 9.97. The fourth-order valence-corrected chi connectivity index (χ4v) is 0.777. The van der Waals surface area contributed by atoms with Crippen LogP contribution in [0.3, 0.4) is 0 Å². The first-order valence-corrected chi connectivity index (χ1v) is 3.79. The number of aliphatic hydroxyl groups is 4. The zero-order chi connectivity index (χ0) is 10.6. The highest BCUT2D eigenvalue weighted by Gasteiger charge is 2.32. The van der Waals surface area contributed by atoms with E-state index >= 15 is 0 Å². The van der Waals surface area contributed by atoms with Crippen molar-refractivity contribution in [3.05, 3.63) is 0 Å². The van der Waals surface area contributed by atoms with Crippen LogP contribution >= 0.6 is 0 Å². The Morgan fingerprint density at radius 3 is 2.00 bits per heavy atom. The Bertz CT molecular complexity index is 170. The van der Waals surface area contributed by atoms with Crippen molar-refractivity contribution >= 4 is 5.97 Å². The highest BCUT2D eigenvalue weighted by molar-refractivity contribution is 5.70. The minimum absolute atomic E-state index is 0.732. The van der Waals surface area contributed by atoms with E-state index in [1.54, 1.807) is 0 Å². The van der Waals surface area contributed by atoms with Crippen molar-refractivity contribution in [2.24, 2.45) is 5.92 Å². The van der Waals surface area contributed by atoms with Crippen LogP contribution in [-0.4, -0.2) is 56.4 Å². The molecule has 0 heterocycles. The van der Waals surface area contributed by atoms with Crippen molar-refractivity contribution in [1.82, 2.24) is 0 Å². The largest absolute Gasteiger partial charge is 0.481 e. The van der Waals surface area contributed by atoms with Crippen LogP contribution in [0.1, 0.15) is 6.92 Å². The molecule has 0 aromatic heterocycles. The minimum atomic E-state index is -1.66. The fraction of sp³-hybridized carbons (Fsp3) is 0.857. The summed E-state index contributed by atoms with van der Waals surface area (Å²) in [5.74, 6) is -2.48. The number of aliphatic carboxylic acids is 1. The smallest absolute Gasteiger partial charge is 0.308 e. The van der Waals surface area contributed by atoms with E-state index in [1.807, 2.05) is 0 Å². The number of hydrogen-bond acceptors (Lipinski definition) is 5. The van der Waals surface area contributed by atoms with Gasteiger partial charge in [-0.3, -0.25) is 4.79 Å². The van der Waals surface area contributed by atoms with E-state index in [-0.39, 0.29) is 0 Å². The predicted octanol–water partition coefficient (Wildman–Crippen LogP) is -2.22. The summed E-state index contributed by atoms with van der Waals surface area (Å²) in [5.41, 5.74) is 0. The molecule has 0 spiro atoms. The van der Waals surface area contributed by atoms with Crippen molar-refractivity contribution in [2.75, 3.05) is 6.61 Å². The number of carboxylic acid groups (broad SMARTS) is 1. The molecular weight excluding hydrogens is 180 g/mol. The van der Waals surface area contributed by atoms with Gasteiger partial charge in [-0.1, -0.05) is 0 Å². The number of aliphatic hydroxyl groups excluding tert-OH is 4. The molecular formula is C7H14O6. The average molecular weight is 194 g/mol. The van der Waals surface area contributed by atoms with E-state index in [2.05, 4.69) is 0 Å². The Balaban J connectivity index is 4.24. The molecule has 0 bridgehead atoms. The summed E-state index contributed by atoms with van der Waals surface area (Å²) >= 11 is 0. The van der Waals surface area contributed by atoms with Crippen LogP contribution in [0.4, 0.5) is 0 Å². The van der Waals surface area contributed by atoms with E-state index in [0.717, 1.165) is 0 Å². The second kappa shape index (κ2) is 5.13. The van der Waals surface area contributed by atoms with Crippen LogP contribution in [-0.2, 0) is 4.79 Å². The second-order valence-electron chi connectivity index (χ2n) is 2.86. The lowest BCUT2D eigenvalue weighted by Gasteiger charge is -2.23. The summed E-state index contributed by atoms with van der Waals surface area (Å²) in [5, 5.41) is 44.0. The Morgan fingerprint density at radius 2 is 1.69 bits per heavy atom. The highest BCUT2D eigenvalue weighted by Crippen LogP contribution is 2.10. The molecule has 0 radical (unpaired) electrons. The van der Waals surface area contributed by atoms with E-state index < -0.39 is 36.8 Å². The van der Waals surface area contributed by atoms with Gasteiger partial charge in [0.15, 0.2) is 0 Å². The molecule has 0 aliphatic heterocycles. The molecule has 0 aromatic carbocycles. The Kier molecular flexibility index (Phi) is 4.86. The van der Waals surface area contributed by atoms with Crippen molar-refractivity contribution in [3.8, 4) is 0 Å². The third-order valence-corrected chi connectivity index (χ3v) is 1.83. The maximum Gasteiger partial charge on any atom is 0.308 e. The van der Waals surface area contributed by atoms with Crippen LogP contribution in [0.15, 0.2) is 0 Å². The molecule has 0 unspecified atom stereocenters. The zero-order valence-corrected chi connectivity index (χ0v) is 7.16. The monoisotopic (exact) mass is 194 g/mol. The van der Waals surface area contributed by atoms with E-state index in [9.17, 15) is 4.79 Å². The van der Waals surface area contributed by atoms with Gasteiger partial charge in [0.2, 0.25) is 0 Å². The molecule has 5 N–H and O–H groups in total. The van der Waals surface area contributed by atoms with Crippen molar-refractivity contribution in [2.45, 2.75) is 25.2 Å². The molecule has 13 heavy (non-hydrogen) atoms. The van der Waals surface area contributed by atoms with Gasteiger partial charge in [-0.25, -0.2) is 0 Å². The number of rotatable bonds is 5. The molecule has 6 nitrogen and oxygen atoms in total. The van der Waals surface area contributed by atoms with Crippen LogP contribution in [0, 0.1) is 5.92 Å². The second-order valence-corrected chi connectivity index (χ2v) is 2.86. The summed E-state index contributed by atoms with van der Waals surface area (Å²) < 4.78 is 0. The van der Waals surface area contributed by atoms with Gasteiger partial charge in [0.25, 0.3) is 0 Å². The summed E-state index contributed by atoms with van der Waals surface area (Å²) in [6.45, 7) is 0.463. The molecule has 4 atom stereocenters. The van der Waals surface area contributed by atoms with E-state index in [0.29, 0.717) is 0 Å². The maximum absolute atomic E-state index is 10.3. The molecule has 0 aliphatic rings. The third kappa shape index (κ3) is 3.27. The van der Waals surface area contributed by atoms with Gasteiger partial charge >= 0.3 is 5.97 Å². The van der Waals surface area contributed by atoms with Gasteiger partial charge in [0.1, 0.15) is 12.2 Å². The van der Waals surface area contributed by atoms with Crippen LogP contribution in [0.2, 0.25) is 0 Å². The van der Waals surface area contributed by atoms with Crippen molar-refractivity contribution in [1.29, 1.82) is 0 Å². The number of carboxylic acids is 1. The highest BCUT2D eigenvalue weighted by atomic mass is 16.4. The lowest BCUT2D eigenvalue weighted by Crippen LogP contribution is -2.44. The van der Waals surface area contributed by atoms with Gasteiger partial charge in [0, 0.05) is 0 Å². The number of carbonyl (C=O) groups is 1. The molecule has 0 rings (SSSR count). The Morgan fingerprint density at radius 1 is 1.23 bits per heavy atom. The zero-order valence-electron chi connectivity index (χ0n) is 7.16. The first-order valence-electron chi connectivity index (χ1n) is 3.79.